The van der Waals surface area contributed by atoms with Gasteiger partial charge in [-0.05, 0) is 51.4 Å². The van der Waals surface area contributed by atoms with Crippen LogP contribution in [-0.2, 0) is 0 Å². The maximum Gasteiger partial charge on any atom is 0.0688 e. The van der Waals surface area contributed by atoms with Gasteiger partial charge in [0, 0.05) is 5.92 Å². The molecule has 2 aliphatic carbocycles. The molecule has 0 aromatic carbocycles. The van der Waals surface area contributed by atoms with E-state index in [4.69, 9.17) is 0 Å². The summed E-state index contributed by atoms with van der Waals surface area (Å²) in [5.74, 6) is 1.44. The van der Waals surface area contributed by atoms with E-state index in [0.717, 1.165) is 19.3 Å². The SMILES string of the molecule is C=C1CC[C@@H](C)C(C)=C[C@H]2[C@@H]1CC[C@@]2(C)O. The van der Waals surface area contributed by atoms with Gasteiger partial charge in [-0.3, -0.25) is 0 Å². The average molecular weight is 220 g/mol. The molecule has 90 valence electrons. The summed E-state index contributed by atoms with van der Waals surface area (Å²) in [5, 5.41) is 10.4. The predicted molar refractivity (Wildman–Crippen MR) is 68.1 cm³/mol. The van der Waals surface area contributed by atoms with Gasteiger partial charge in [-0.2, -0.15) is 0 Å². The Labute approximate surface area is 99.3 Å². The van der Waals surface area contributed by atoms with Crippen LogP contribution in [0.4, 0.5) is 0 Å². The maximum atomic E-state index is 10.4. The van der Waals surface area contributed by atoms with Gasteiger partial charge in [0.05, 0.1) is 5.60 Å². The standard InChI is InChI=1S/C15H24O/c1-10-5-6-11(2)13-7-8-15(4,16)14(13)9-12(10)3/h9-10,13-14,16H,2,5-8H2,1,3-4H3/t10-,13-,14+,15-/m1/s1. The van der Waals surface area contributed by atoms with Crippen molar-refractivity contribution in [1.29, 1.82) is 0 Å². The summed E-state index contributed by atoms with van der Waals surface area (Å²) in [6, 6.07) is 0. The Morgan fingerprint density at radius 3 is 2.81 bits per heavy atom. The van der Waals surface area contributed by atoms with Gasteiger partial charge >= 0.3 is 0 Å². The van der Waals surface area contributed by atoms with Crippen molar-refractivity contribution in [1.82, 2.24) is 0 Å². The summed E-state index contributed by atoms with van der Waals surface area (Å²) in [6.07, 6.45) is 6.69. The number of aliphatic hydroxyl groups is 1. The maximum absolute atomic E-state index is 10.4. The van der Waals surface area contributed by atoms with Crippen LogP contribution in [0.5, 0.6) is 0 Å². The first-order valence-electron chi connectivity index (χ1n) is 6.50. The highest BCUT2D eigenvalue weighted by Gasteiger charge is 2.44. The Hall–Kier alpha value is -0.560. The molecule has 0 aliphatic heterocycles. The van der Waals surface area contributed by atoms with E-state index in [1.54, 1.807) is 0 Å². The lowest BCUT2D eigenvalue weighted by atomic mass is 9.76. The number of rotatable bonds is 0. The Balaban J connectivity index is 2.35. The molecule has 1 nitrogen and oxygen atoms in total. The van der Waals surface area contributed by atoms with Crippen LogP contribution in [0.1, 0.15) is 46.5 Å². The lowest BCUT2D eigenvalue weighted by Gasteiger charge is -2.31. The van der Waals surface area contributed by atoms with Crippen molar-refractivity contribution in [2.75, 3.05) is 0 Å². The lowest BCUT2D eigenvalue weighted by Crippen LogP contribution is -2.32. The molecule has 1 heteroatoms. The van der Waals surface area contributed by atoms with Crippen molar-refractivity contribution in [3.8, 4) is 0 Å². The molecule has 0 heterocycles. The van der Waals surface area contributed by atoms with Gasteiger partial charge in [0.15, 0.2) is 0 Å². The molecule has 0 saturated heterocycles. The Morgan fingerprint density at radius 1 is 1.44 bits per heavy atom. The third kappa shape index (κ3) is 1.98. The van der Waals surface area contributed by atoms with Gasteiger partial charge < -0.3 is 5.11 Å². The minimum atomic E-state index is -0.522. The fourth-order valence-corrected chi connectivity index (χ4v) is 3.24. The topological polar surface area (TPSA) is 20.2 Å². The number of allylic oxidation sites excluding steroid dienone is 2. The second kappa shape index (κ2) is 4.03. The first kappa shape index (κ1) is 11.9. The van der Waals surface area contributed by atoms with Crippen molar-refractivity contribution in [3.05, 3.63) is 23.8 Å². The molecule has 0 aromatic heterocycles. The quantitative estimate of drug-likeness (QED) is 0.617. The summed E-state index contributed by atoms with van der Waals surface area (Å²) in [7, 11) is 0. The van der Waals surface area contributed by atoms with Crippen LogP contribution in [0.2, 0.25) is 0 Å². The normalized spacial score (nSPS) is 44.6. The van der Waals surface area contributed by atoms with Gasteiger partial charge in [0.1, 0.15) is 0 Å². The number of hydrogen-bond acceptors (Lipinski definition) is 1. The van der Waals surface area contributed by atoms with Crippen LogP contribution in [0, 0.1) is 17.8 Å². The van der Waals surface area contributed by atoms with E-state index in [2.05, 4.69) is 26.5 Å². The zero-order valence-corrected chi connectivity index (χ0v) is 10.8. The monoisotopic (exact) mass is 220 g/mol. The van der Waals surface area contributed by atoms with Crippen molar-refractivity contribution in [3.63, 3.8) is 0 Å². The highest BCUT2D eigenvalue weighted by molar-refractivity contribution is 5.21. The van der Waals surface area contributed by atoms with Crippen LogP contribution < -0.4 is 0 Å². The molecule has 0 radical (unpaired) electrons. The minimum Gasteiger partial charge on any atom is -0.390 e. The fourth-order valence-electron chi connectivity index (χ4n) is 3.24. The number of hydrogen-bond donors (Lipinski definition) is 1. The van der Waals surface area contributed by atoms with E-state index in [1.165, 1.54) is 17.6 Å². The van der Waals surface area contributed by atoms with Crippen molar-refractivity contribution < 1.29 is 5.11 Å². The fraction of sp³-hybridized carbons (Fsp3) is 0.733. The molecule has 1 fully saturated rings. The molecule has 16 heavy (non-hydrogen) atoms. The summed E-state index contributed by atoms with van der Waals surface area (Å²) < 4.78 is 0. The van der Waals surface area contributed by atoms with Crippen molar-refractivity contribution in [2.24, 2.45) is 17.8 Å². The van der Waals surface area contributed by atoms with E-state index >= 15 is 0 Å². The van der Waals surface area contributed by atoms with Crippen LogP contribution in [0.25, 0.3) is 0 Å². The highest BCUT2D eigenvalue weighted by Crippen LogP contribution is 2.47. The second-order valence-electron chi connectivity index (χ2n) is 6.04. The van der Waals surface area contributed by atoms with Crippen molar-refractivity contribution >= 4 is 0 Å². The van der Waals surface area contributed by atoms with Crippen LogP contribution in [0.15, 0.2) is 23.8 Å². The molecule has 1 saturated carbocycles. The molecule has 0 spiro atoms. The van der Waals surface area contributed by atoms with Gasteiger partial charge in [-0.25, -0.2) is 0 Å². The van der Waals surface area contributed by atoms with Gasteiger partial charge in [-0.15, -0.1) is 0 Å². The van der Waals surface area contributed by atoms with Gasteiger partial charge in [-0.1, -0.05) is 30.7 Å². The van der Waals surface area contributed by atoms with Gasteiger partial charge in [0.25, 0.3) is 0 Å². The predicted octanol–water partition coefficient (Wildman–Crippen LogP) is 3.70. The third-order valence-electron chi connectivity index (χ3n) is 4.76. The van der Waals surface area contributed by atoms with Crippen LogP contribution >= 0.6 is 0 Å². The molecule has 0 amide bonds. The summed E-state index contributed by atoms with van der Waals surface area (Å²) in [4.78, 5) is 0. The Morgan fingerprint density at radius 2 is 2.12 bits per heavy atom. The number of fused-ring (bicyclic) bond motifs is 1. The molecule has 4 atom stereocenters. The zero-order chi connectivity index (χ0) is 11.9. The average Bonchev–Trinajstić information content (AvgIpc) is 2.49. The molecular formula is C15H24O. The van der Waals surface area contributed by atoms with Gasteiger partial charge in [0.2, 0.25) is 0 Å². The Bertz CT molecular complexity index is 324. The first-order valence-corrected chi connectivity index (χ1v) is 6.50. The third-order valence-corrected chi connectivity index (χ3v) is 4.76. The smallest absolute Gasteiger partial charge is 0.0688 e. The molecule has 0 aromatic rings. The van der Waals surface area contributed by atoms with E-state index in [1.807, 2.05) is 6.92 Å². The lowest BCUT2D eigenvalue weighted by molar-refractivity contribution is 0.0320. The van der Waals surface area contributed by atoms with E-state index in [0.29, 0.717) is 17.8 Å². The van der Waals surface area contributed by atoms with Crippen LogP contribution in [-0.4, -0.2) is 10.7 Å². The molecule has 2 aliphatic rings. The van der Waals surface area contributed by atoms with E-state index in [9.17, 15) is 5.11 Å². The second-order valence-corrected chi connectivity index (χ2v) is 6.04. The Kier molecular flexibility index (Phi) is 3.00. The molecule has 2 rings (SSSR count). The molecule has 0 unspecified atom stereocenters. The summed E-state index contributed by atoms with van der Waals surface area (Å²) in [6.45, 7) is 10.7. The van der Waals surface area contributed by atoms with Crippen molar-refractivity contribution in [2.45, 2.75) is 52.1 Å². The van der Waals surface area contributed by atoms with E-state index in [-0.39, 0.29) is 0 Å². The van der Waals surface area contributed by atoms with E-state index < -0.39 is 5.60 Å². The highest BCUT2D eigenvalue weighted by atomic mass is 16.3. The van der Waals surface area contributed by atoms with Crippen LogP contribution in [0.3, 0.4) is 0 Å². The summed E-state index contributed by atoms with van der Waals surface area (Å²) in [5.41, 5.74) is 2.29. The molecular weight excluding hydrogens is 196 g/mol. The minimum absolute atomic E-state index is 0.294. The zero-order valence-electron chi connectivity index (χ0n) is 10.8. The molecule has 1 N–H and O–H groups in total. The summed E-state index contributed by atoms with van der Waals surface area (Å²) >= 11 is 0. The largest absolute Gasteiger partial charge is 0.390 e. The first-order chi connectivity index (χ1) is 7.42. The molecule has 0 bridgehead atoms.